The van der Waals surface area contributed by atoms with Crippen molar-refractivity contribution in [2.45, 2.75) is 57.8 Å². The molecule has 92 valence electrons. The summed E-state index contributed by atoms with van der Waals surface area (Å²) in [7, 11) is 0. The molecule has 0 aromatic carbocycles. The third kappa shape index (κ3) is 1.58. The van der Waals surface area contributed by atoms with Crippen LogP contribution in [0.25, 0.3) is 0 Å². The zero-order valence-corrected chi connectivity index (χ0v) is 10.8. The lowest BCUT2D eigenvalue weighted by Gasteiger charge is -2.51. The van der Waals surface area contributed by atoms with E-state index in [0.717, 1.165) is 35.5 Å². The molecule has 17 heavy (non-hydrogen) atoms. The Morgan fingerprint density at radius 2 is 1.47 bits per heavy atom. The Hall–Kier alpha value is -0.440. The van der Waals surface area contributed by atoms with Gasteiger partial charge in [0.15, 0.2) is 0 Å². The van der Waals surface area contributed by atoms with Crippen molar-refractivity contribution in [3.05, 3.63) is 0 Å². The maximum atomic E-state index is 3.51. The molecule has 3 saturated carbocycles. The van der Waals surface area contributed by atoms with Crippen molar-refractivity contribution in [2.75, 3.05) is 0 Å². The minimum Gasteiger partial charge on any atom is -0.103 e. The zero-order valence-electron chi connectivity index (χ0n) is 10.8. The van der Waals surface area contributed by atoms with E-state index < -0.39 is 0 Å². The van der Waals surface area contributed by atoms with Crippen molar-refractivity contribution in [1.82, 2.24) is 0 Å². The summed E-state index contributed by atoms with van der Waals surface area (Å²) in [5, 5.41) is 0. The van der Waals surface area contributed by atoms with Crippen molar-refractivity contribution < 1.29 is 0 Å². The fourth-order valence-electron chi connectivity index (χ4n) is 5.72. The molecule has 0 bridgehead atoms. The van der Waals surface area contributed by atoms with Crippen LogP contribution in [0, 0.1) is 47.3 Å². The lowest BCUT2D eigenvalue weighted by atomic mass is 9.54. The highest BCUT2D eigenvalue weighted by Gasteiger charge is 2.47. The van der Waals surface area contributed by atoms with Gasteiger partial charge in [0.05, 0.1) is 0 Å². The van der Waals surface area contributed by atoms with Crippen LogP contribution in [-0.2, 0) is 0 Å². The molecule has 0 N–H and O–H groups in total. The summed E-state index contributed by atoms with van der Waals surface area (Å²) in [6.45, 7) is 0. The van der Waals surface area contributed by atoms with Gasteiger partial charge >= 0.3 is 0 Å². The van der Waals surface area contributed by atoms with Crippen molar-refractivity contribution in [3.8, 4) is 11.8 Å². The Balaban J connectivity index is 1.57. The zero-order chi connectivity index (χ0) is 11.2. The van der Waals surface area contributed by atoms with Gasteiger partial charge < -0.3 is 0 Å². The van der Waals surface area contributed by atoms with Crippen molar-refractivity contribution >= 4 is 0 Å². The lowest BCUT2D eigenvalue weighted by Crippen LogP contribution is -2.43. The molecule has 0 heteroatoms. The van der Waals surface area contributed by atoms with Crippen LogP contribution in [0.4, 0.5) is 0 Å². The van der Waals surface area contributed by atoms with E-state index in [1.165, 1.54) is 38.5 Å². The largest absolute Gasteiger partial charge is 0.103 e. The van der Waals surface area contributed by atoms with Crippen LogP contribution >= 0.6 is 0 Å². The van der Waals surface area contributed by atoms with Crippen LogP contribution < -0.4 is 0 Å². The van der Waals surface area contributed by atoms with E-state index in [4.69, 9.17) is 0 Å². The number of hydrogen-bond acceptors (Lipinski definition) is 0. The summed E-state index contributed by atoms with van der Waals surface area (Å²) in [6.07, 6.45) is 13.4. The van der Waals surface area contributed by atoms with E-state index in [2.05, 4.69) is 11.8 Å². The van der Waals surface area contributed by atoms with Crippen molar-refractivity contribution in [2.24, 2.45) is 35.5 Å². The maximum Gasteiger partial charge on any atom is 0.0243 e. The first kappa shape index (κ1) is 10.5. The van der Waals surface area contributed by atoms with Gasteiger partial charge in [0.2, 0.25) is 0 Å². The first-order valence-electron chi connectivity index (χ1n) is 7.92. The molecule has 0 aliphatic heterocycles. The maximum absolute atomic E-state index is 3.51. The average Bonchev–Trinajstić information content (AvgIpc) is 2.86. The summed E-state index contributed by atoms with van der Waals surface area (Å²) < 4.78 is 0. The van der Waals surface area contributed by atoms with Crippen molar-refractivity contribution in [3.63, 3.8) is 0 Å². The molecule has 0 spiro atoms. The van der Waals surface area contributed by atoms with Gasteiger partial charge in [-0.25, -0.2) is 0 Å². The van der Waals surface area contributed by atoms with Gasteiger partial charge in [-0.05, 0) is 61.7 Å². The summed E-state index contributed by atoms with van der Waals surface area (Å²) >= 11 is 0. The molecule has 0 aromatic rings. The number of rotatable bonds is 0. The van der Waals surface area contributed by atoms with Gasteiger partial charge in [0.25, 0.3) is 0 Å². The first-order valence-corrected chi connectivity index (χ1v) is 7.92. The molecule has 4 rings (SSSR count). The van der Waals surface area contributed by atoms with Gasteiger partial charge in [-0.2, -0.15) is 0 Å². The average molecular weight is 228 g/mol. The quantitative estimate of drug-likeness (QED) is 0.544. The lowest BCUT2D eigenvalue weighted by molar-refractivity contribution is -0.0129. The third-order valence-corrected chi connectivity index (χ3v) is 6.44. The van der Waals surface area contributed by atoms with Crippen LogP contribution in [0.2, 0.25) is 0 Å². The van der Waals surface area contributed by atoms with Crippen LogP contribution in [0.15, 0.2) is 0 Å². The summed E-state index contributed by atoms with van der Waals surface area (Å²) in [5.41, 5.74) is 0. The highest BCUT2D eigenvalue weighted by atomic mass is 14.5. The Bertz CT molecular complexity index is 358. The van der Waals surface area contributed by atoms with E-state index in [1.807, 2.05) is 0 Å². The van der Waals surface area contributed by atoms with E-state index in [1.54, 1.807) is 19.3 Å². The standard InChI is InChI=1S/C17H24/c1-2-6-14-12(4-1)8-10-17-15-7-3-5-13(15)9-11-16(14)17/h12-17H,1-2,4,6-11H2/t12?,13-,14-,15+,16+,17-/m0/s1. The predicted octanol–water partition coefficient (Wildman–Crippen LogP) is 4.25. The highest BCUT2D eigenvalue weighted by Crippen LogP contribution is 2.55. The van der Waals surface area contributed by atoms with Crippen LogP contribution in [0.3, 0.4) is 0 Å². The van der Waals surface area contributed by atoms with E-state index in [9.17, 15) is 0 Å². The topological polar surface area (TPSA) is 0 Å². The first-order chi connectivity index (χ1) is 8.43. The fourth-order valence-corrected chi connectivity index (χ4v) is 5.72. The molecular formula is C17H24. The Kier molecular flexibility index (Phi) is 2.49. The molecule has 4 aliphatic carbocycles. The monoisotopic (exact) mass is 228 g/mol. The van der Waals surface area contributed by atoms with Gasteiger partial charge in [-0.15, -0.1) is 5.92 Å². The molecule has 0 radical (unpaired) electrons. The van der Waals surface area contributed by atoms with Crippen LogP contribution in [0.5, 0.6) is 0 Å². The number of hydrogen-bond donors (Lipinski definition) is 0. The van der Waals surface area contributed by atoms with Crippen molar-refractivity contribution in [1.29, 1.82) is 0 Å². The fraction of sp³-hybridized carbons (Fsp3) is 0.882. The Morgan fingerprint density at radius 1 is 0.647 bits per heavy atom. The minimum absolute atomic E-state index is 0.802. The molecule has 4 aliphatic rings. The molecule has 1 unspecified atom stereocenters. The third-order valence-electron chi connectivity index (χ3n) is 6.44. The van der Waals surface area contributed by atoms with E-state index in [0.29, 0.717) is 0 Å². The van der Waals surface area contributed by atoms with Gasteiger partial charge in [0, 0.05) is 12.3 Å². The molecule has 0 heterocycles. The Morgan fingerprint density at radius 3 is 2.47 bits per heavy atom. The number of fused-ring (bicyclic) bond motifs is 5. The van der Waals surface area contributed by atoms with E-state index >= 15 is 0 Å². The summed E-state index contributed by atoms with van der Waals surface area (Å²) in [4.78, 5) is 0. The smallest absolute Gasteiger partial charge is 0.0243 e. The molecule has 0 amide bonds. The van der Waals surface area contributed by atoms with E-state index in [-0.39, 0.29) is 0 Å². The predicted molar refractivity (Wildman–Crippen MR) is 70.3 cm³/mol. The summed E-state index contributed by atoms with van der Waals surface area (Å²) in [5.74, 6) is 13.1. The molecule has 6 atom stereocenters. The second-order valence-corrected chi connectivity index (χ2v) is 6.99. The molecule has 0 nitrogen and oxygen atoms in total. The second-order valence-electron chi connectivity index (χ2n) is 6.99. The highest BCUT2D eigenvalue weighted by molar-refractivity contribution is 5.17. The van der Waals surface area contributed by atoms with Gasteiger partial charge in [-0.1, -0.05) is 25.2 Å². The molecule has 0 aromatic heterocycles. The van der Waals surface area contributed by atoms with Crippen LogP contribution in [0.1, 0.15) is 57.8 Å². The Labute approximate surface area is 106 Å². The van der Waals surface area contributed by atoms with Gasteiger partial charge in [0.1, 0.15) is 0 Å². The summed E-state index contributed by atoms with van der Waals surface area (Å²) in [6, 6.07) is 0. The van der Waals surface area contributed by atoms with Gasteiger partial charge in [-0.3, -0.25) is 0 Å². The van der Waals surface area contributed by atoms with Crippen LogP contribution in [-0.4, -0.2) is 0 Å². The molecule has 3 fully saturated rings. The minimum atomic E-state index is 0.802. The molecular weight excluding hydrogens is 204 g/mol. The molecule has 0 saturated heterocycles. The second kappa shape index (κ2) is 4.04. The SMILES string of the molecule is C1#C[C@H]2CC[C@H]3[C@@H](CCC4CCCC[C@@H]43)[C@@H]2C1. The normalized spacial score (nSPS) is 51.8.